The molecule has 5 nitrogen and oxygen atoms in total. The third kappa shape index (κ3) is 2.66. The first kappa shape index (κ1) is 16.3. The molecule has 1 saturated heterocycles. The number of nitrogens with zero attached hydrogens (tertiary/aromatic N) is 1. The fourth-order valence-electron chi connectivity index (χ4n) is 3.95. The number of carbonyl (C=O) groups excluding carboxylic acids is 3. The van der Waals surface area contributed by atoms with Gasteiger partial charge in [0.05, 0.1) is 11.8 Å². The molecule has 0 bridgehead atoms. The smallest absolute Gasteiger partial charge is 0.424 e. The molecule has 0 spiro atoms. The molecule has 1 heterocycles. The Bertz CT molecular complexity index is 765. The zero-order valence-corrected chi connectivity index (χ0v) is 15.0. The van der Waals surface area contributed by atoms with Crippen molar-refractivity contribution in [1.29, 1.82) is 0 Å². The Balaban J connectivity index is 1.52. The molecule has 132 valence electrons. The molecule has 0 N–H and O–H groups in total. The zero-order valence-electron chi connectivity index (χ0n) is 15.0. The number of rotatable bonds is 2. The quantitative estimate of drug-likeness (QED) is 0.772. The van der Waals surface area contributed by atoms with E-state index in [1.165, 1.54) is 18.4 Å². The Morgan fingerprint density at radius 3 is 2.16 bits per heavy atom. The summed E-state index contributed by atoms with van der Waals surface area (Å²) in [6, 6.07) is 6.36. The molecule has 2 saturated carbocycles. The molecule has 1 unspecified atom stereocenters. The molecule has 3 fully saturated rings. The standard InChI is InChI=1S/C20H23NO4/c1-10-9-12(11-5-6-11)7-8-13(10)14-15-16(14)18(23)21(17(15)22)19(24)25-20(2,3)4/h7-9,11,14-16H,5-6H2,1-4H3/t14?,15-,16+. The van der Waals surface area contributed by atoms with Crippen molar-refractivity contribution in [2.75, 3.05) is 0 Å². The maximum absolute atomic E-state index is 12.6. The summed E-state index contributed by atoms with van der Waals surface area (Å²) in [4.78, 5) is 38.0. The van der Waals surface area contributed by atoms with E-state index >= 15 is 0 Å². The lowest BCUT2D eigenvalue weighted by molar-refractivity contribution is -0.140. The fourth-order valence-corrected chi connectivity index (χ4v) is 3.95. The van der Waals surface area contributed by atoms with Gasteiger partial charge in [-0.1, -0.05) is 18.2 Å². The maximum atomic E-state index is 12.6. The number of benzene rings is 1. The molecule has 1 aromatic carbocycles. The monoisotopic (exact) mass is 341 g/mol. The summed E-state index contributed by atoms with van der Waals surface area (Å²) in [6.45, 7) is 7.18. The minimum Gasteiger partial charge on any atom is -0.443 e. The van der Waals surface area contributed by atoms with E-state index in [4.69, 9.17) is 4.74 Å². The SMILES string of the molecule is Cc1cc(C2CC2)ccc1C1[C@H]2C(=O)N(C(=O)OC(C)(C)C)C(=O)[C@@H]12. The molecule has 1 aliphatic heterocycles. The van der Waals surface area contributed by atoms with Crippen LogP contribution in [0.3, 0.4) is 0 Å². The minimum atomic E-state index is -0.853. The summed E-state index contributed by atoms with van der Waals surface area (Å²) in [6.07, 6.45) is 1.64. The van der Waals surface area contributed by atoms with Gasteiger partial charge in [-0.05, 0) is 63.1 Å². The summed E-state index contributed by atoms with van der Waals surface area (Å²) in [5.74, 6) is -1.07. The third-order valence-corrected chi connectivity index (χ3v) is 5.31. The molecule has 0 aromatic heterocycles. The number of ether oxygens (including phenoxy) is 1. The van der Waals surface area contributed by atoms with Crippen LogP contribution in [-0.2, 0) is 14.3 Å². The summed E-state index contributed by atoms with van der Waals surface area (Å²) < 4.78 is 5.19. The van der Waals surface area contributed by atoms with Gasteiger partial charge in [0, 0.05) is 5.92 Å². The molecule has 3 amide bonds. The summed E-state index contributed by atoms with van der Waals surface area (Å²) in [5, 5.41) is 0. The second-order valence-electron chi connectivity index (χ2n) is 8.46. The van der Waals surface area contributed by atoms with E-state index in [1.807, 2.05) is 6.92 Å². The van der Waals surface area contributed by atoms with Crippen molar-refractivity contribution in [1.82, 2.24) is 4.90 Å². The van der Waals surface area contributed by atoms with Crippen LogP contribution in [0.15, 0.2) is 18.2 Å². The van der Waals surface area contributed by atoms with Crippen molar-refractivity contribution < 1.29 is 19.1 Å². The Hall–Kier alpha value is -2.17. The Morgan fingerprint density at radius 2 is 1.68 bits per heavy atom. The highest BCUT2D eigenvalue weighted by Crippen LogP contribution is 2.60. The van der Waals surface area contributed by atoms with Crippen LogP contribution in [0.4, 0.5) is 4.79 Å². The number of fused-ring (bicyclic) bond motifs is 1. The van der Waals surface area contributed by atoms with Gasteiger partial charge in [0.2, 0.25) is 11.8 Å². The van der Waals surface area contributed by atoms with Gasteiger partial charge >= 0.3 is 6.09 Å². The lowest BCUT2D eigenvalue weighted by Crippen LogP contribution is -2.42. The van der Waals surface area contributed by atoms with Crippen molar-refractivity contribution >= 4 is 17.9 Å². The van der Waals surface area contributed by atoms with Crippen molar-refractivity contribution in [2.45, 2.75) is 58.0 Å². The highest BCUT2D eigenvalue weighted by Gasteiger charge is 2.69. The summed E-state index contributed by atoms with van der Waals surface area (Å²) in [7, 11) is 0. The van der Waals surface area contributed by atoms with Crippen molar-refractivity contribution in [3.05, 3.63) is 34.9 Å². The Kier molecular flexibility index (Phi) is 3.37. The van der Waals surface area contributed by atoms with Crippen LogP contribution in [0, 0.1) is 18.8 Å². The molecular formula is C20H23NO4. The van der Waals surface area contributed by atoms with E-state index in [2.05, 4.69) is 18.2 Å². The van der Waals surface area contributed by atoms with E-state index < -0.39 is 35.3 Å². The lowest BCUT2D eigenvalue weighted by Gasteiger charge is -2.24. The zero-order chi connectivity index (χ0) is 18.1. The number of carbonyl (C=O) groups is 3. The van der Waals surface area contributed by atoms with Crippen LogP contribution in [0.5, 0.6) is 0 Å². The van der Waals surface area contributed by atoms with Gasteiger partial charge in [0.1, 0.15) is 5.60 Å². The number of hydrogen-bond donors (Lipinski definition) is 0. The summed E-state index contributed by atoms with van der Waals surface area (Å²) >= 11 is 0. The molecule has 2 aliphatic carbocycles. The molecule has 3 atom stereocenters. The van der Waals surface area contributed by atoms with Gasteiger partial charge in [-0.25, -0.2) is 4.79 Å². The van der Waals surface area contributed by atoms with Crippen LogP contribution < -0.4 is 0 Å². The minimum absolute atomic E-state index is 0.0908. The van der Waals surface area contributed by atoms with Crippen molar-refractivity contribution in [3.8, 4) is 0 Å². The summed E-state index contributed by atoms with van der Waals surface area (Å²) in [5.41, 5.74) is 2.80. The van der Waals surface area contributed by atoms with Crippen LogP contribution in [0.1, 0.15) is 62.1 Å². The first-order valence-electron chi connectivity index (χ1n) is 8.90. The number of likely N-dealkylation sites (tertiary alicyclic amines) is 1. The van der Waals surface area contributed by atoms with E-state index in [-0.39, 0.29) is 5.92 Å². The van der Waals surface area contributed by atoms with Gasteiger partial charge in [-0.3, -0.25) is 9.59 Å². The average molecular weight is 341 g/mol. The maximum Gasteiger partial charge on any atom is 0.424 e. The van der Waals surface area contributed by atoms with Crippen LogP contribution in [0.25, 0.3) is 0 Å². The molecule has 3 aliphatic rings. The van der Waals surface area contributed by atoms with Gasteiger partial charge < -0.3 is 4.74 Å². The molecular weight excluding hydrogens is 318 g/mol. The van der Waals surface area contributed by atoms with Crippen molar-refractivity contribution in [3.63, 3.8) is 0 Å². The van der Waals surface area contributed by atoms with E-state index in [0.29, 0.717) is 10.8 Å². The van der Waals surface area contributed by atoms with Crippen LogP contribution >= 0.6 is 0 Å². The normalized spacial score (nSPS) is 28.2. The Labute approximate surface area is 147 Å². The van der Waals surface area contributed by atoms with E-state index in [1.54, 1.807) is 20.8 Å². The second-order valence-corrected chi connectivity index (χ2v) is 8.46. The first-order chi connectivity index (χ1) is 11.7. The molecule has 1 aromatic rings. The second kappa shape index (κ2) is 5.16. The number of hydrogen-bond acceptors (Lipinski definition) is 4. The van der Waals surface area contributed by atoms with Gasteiger partial charge in [0.15, 0.2) is 0 Å². The first-order valence-corrected chi connectivity index (χ1v) is 8.90. The lowest BCUT2D eigenvalue weighted by atomic mass is 9.97. The predicted octanol–water partition coefficient (Wildman–Crippen LogP) is 3.51. The largest absolute Gasteiger partial charge is 0.443 e. The van der Waals surface area contributed by atoms with E-state index in [0.717, 1.165) is 11.1 Å². The molecule has 0 radical (unpaired) electrons. The highest BCUT2D eigenvalue weighted by atomic mass is 16.6. The van der Waals surface area contributed by atoms with Gasteiger partial charge in [-0.15, -0.1) is 0 Å². The molecule has 5 heteroatoms. The highest BCUT2D eigenvalue weighted by molar-refractivity contribution is 6.19. The van der Waals surface area contributed by atoms with Crippen LogP contribution in [0.2, 0.25) is 0 Å². The number of imide groups is 3. The average Bonchev–Trinajstić information content (AvgIpc) is 3.38. The fraction of sp³-hybridized carbons (Fsp3) is 0.550. The van der Waals surface area contributed by atoms with Gasteiger partial charge in [-0.2, -0.15) is 4.90 Å². The predicted molar refractivity (Wildman–Crippen MR) is 91.0 cm³/mol. The van der Waals surface area contributed by atoms with E-state index in [9.17, 15) is 14.4 Å². The van der Waals surface area contributed by atoms with Crippen molar-refractivity contribution in [2.24, 2.45) is 11.8 Å². The van der Waals surface area contributed by atoms with Crippen LogP contribution in [-0.4, -0.2) is 28.4 Å². The van der Waals surface area contributed by atoms with Gasteiger partial charge in [0.25, 0.3) is 0 Å². The number of amides is 3. The third-order valence-electron chi connectivity index (χ3n) is 5.31. The molecule has 4 rings (SSSR count). The topological polar surface area (TPSA) is 63.7 Å². The Morgan fingerprint density at radius 1 is 1.08 bits per heavy atom. The number of piperidine rings is 1. The molecule has 25 heavy (non-hydrogen) atoms. The number of aryl methyl sites for hydroxylation is 1.